The molecule has 7 heteroatoms. The first-order chi connectivity index (χ1) is 7.89. The molecular weight excluding hydrogens is 251 g/mol. The third-order valence-electron chi connectivity index (χ3n) is 2.35. The molecular formula is C10H8F3N3S. The molecule has 1 aromatic carbocycles. The number of H-pyrrole nitrogens is 1. The Morgan fingerprint density at radius 2 is 2.06 bits per heavy atom. The lowest BCUT2D eigenvalue weighted by molar-refractivity contribution is -0.137. The van der Waals surface area contributed by atoms with Crippen LogP contribution in [0, 0.1) is 11.7 Å². The highest BCUT2D eigenvalue weighted by Gasteiger charge is 2.30. The second-order valence-electron chi connectivity index (χ2n) is 3.53. The molecule has 2 aromatic rings. The highest BCUT2D eigenvalue weighted by molar-refractivity contribution is 7.71. The van der Waals surface area contributed by atoms with Gasteiger partial charge in [0.15, 0.2) is 4.77 Å². The minimum absolute atomic E-state index is 0.257. The number of aryl methyl sites for hydroxylation is 1. The Bertz CT molecular complexity index is 597. The van der Waals surface area contributed by atoms with E-state index in [0.29, 0.717) is 11.3 Å². The average molecular weight is 259 g/mol. The van der Waals surface area contributed by atoms with Crippen molar-refractivity contribution in [3.8, 4) is 5.69 Å². The van der Waals surface area contributed by atoms with Crippen LogP contribution in [0.1, 0.15) is 11.1 Å². The first-order valence-electron chi connectivity index (χ1n) is 4.70. The summed E-state index contributed by atoms with van der Waals surface area (Å²) in [5.74, 6) is 0. The highest BCUT2D eigenvalue weighted by atomic mass is 32.1. The summed E-state index contributed by atoms with van der Waals surface area (Å²) in [5.41, 5.74) is 0.357. The van der Waals surface area contributed by atoms with Gasteiger partial charge in [0.2, 0.25) is 0 Å². The van der Waals surface area contributed by atoms with Crippen molar-refractivity contribution in [2.45, 2.75) is 13.1 Å². The van der Waals surface area contributed by atoms with E-state index in [1.165, 1.54) is 17.0 Å². The monoisotopic (exact) mass is 259 g/mol. The standard InChI is InChI=1S/C10H8F3N3S/c1-6-2-3-7(10(11,12)13)4-8(6)16-5-14-15-9(16)17/h2-5H,1H3,(H,15,17). The van der Waals surface area contributed by atoms with Crippen LogP contribution in [0.2, 0.25) is 0 Å². The fraction of sp³-hybridized carbons (Fsp3) is 0.200. The first kappa shape index (κ1) is 11.8. The minimum Gasteiger partial charge on any atom is -0.274 e. The van der Waals surface area contributed by atoms with Crippen LogP contribution >= 0.6 is 12.2 Å². The third-order valence-corrected chi connectivity index (χ3v) is 2.64. The zero-order chi connectivity index (χ0) is 12.6. The van der Waals surface area contributed by atoms with Crippen LogP contribution < -0.4 is 0 Å². The van der Waals surface area contributed by atoms with Crippen molar-refractivity contribution < 1.29 is 13.2 Å². The Balaban J connectivity index is 2.63. The number of aromatic nitrogens is 3. The largest absolute Gasteiger partial charge is 0.416 e. The maximum atomic E-state index is 12.6. The van der Waals surface area contributed by atoms with Gasteiger partial charge in [0, 0.05) is 0 Å². The molecule has 0 amide bonds. The summed E-state index contributed by atoms with van der Waals surface area (Å²) in [6, 6.07) is 3.51. The number of hydrogen-bond acceptors (Lipinski definition) is 2. The van der Waals surface area contributed by atoms with Gasteiger partial charge in [-0.15, -0.1) is 0 Å². The van der Waals surface area contributed by atoms with Gasteiger partial charge in [-0.25, -0.2) is 0 Å². The zero-order valence-electron chi connectivity index (χ0n) is 8.75. The molecule has 0 atom stereocenters. The molecule has 3 nitrogen and oxygen atoms in total. The number of alkyl halides is 3. The van der Waals surface area contributed by atoms with Crippen molar-refractivity contribution in [1.29, 1.82) is 0 Å². The summed E-state index contributed by atoms with van der Waals surface area (Å²) in [7, 11) is 0. The molecule has 0 spiro atoms. The van der Waals surface area contributed by atoms with Crippen LogP contribution in [0.25, 0.3) is 5.69 Å². The van der Waals surface area contributed by atoms with E-state index in [1.807, 2.05) is 0 Å². The SMILES string of the molecule is Cc1ccc(C(F)(F)F)cc1-n1cn[nH]c1=S. The fourth-order valence-corrected chi connectivity index (χ4v) is 1.66. The topological polar surface area (TPSA) is 33.6 Å². The molecule has 0 saturated heterocycles. The number of aromatic amines is 1. The smallest absolute Gasteiger partial charge is 0.274 e. The van der Waals surface area contributed by atoms with Crippen LogP contribution in [0.5, 0.6) is 0 Å². The van der Waals surface area contributed by atoms with E-state index in [4.69, 9.17) is 12.2 Å². The lowest BCUT2D eigenvalue weighted by atomic mass is 10.1. The maximum absolute atomic E-state index is 12.6. The number of nitrogens with one attached hydrogen (secondary N) is 1. The van der Waals surface area contributed by atoms with Gasteiger partial charge in [0.25, 0.3) is 0 Å². The molecule has 1 N–H and O–H groups in total. The van der Waals surface area contributed by atoms with E-state index in [-0.39, 0.29) is 4.77 Å². The van der Waals surface area contributed by atoms with Crippen molar-refractivity contribution in [2.75, 3.05) is 0 Å². The number of rotatable bonds is 1. The number of benzene rings is 1. The predicted molar refractivity (Wildman–Crippen MR) is 58.5 cm³/mol. The molecule has 0 fully saturated rings. The quantitative estimate of drug-likeness (QED) is 0.797. The predicted octanol–water partition coefficient (Wildman–Crippen LogP) is 3.26. The van der Waals surface area contributed by atoms with E-state index >= 15 is 0 Å². The van der Waals surface area contributed by atoms with Crippen molar-refractivity contribution in [2.24, 2.45) is 0 Å². The maximum Gasteiger partial charge on any atom is 0.416 e. The number of nitrogens with zero attached hydrogens (tertiary/aromatic N) is 2. The van der Waals surface area contributed by atoms with E-state index in [1.54, 1.807) is 6.92 Å². The Kier molecular flexibility index (Phi) is 2.78. The molecule has 2 rings (SSSR count). The average Bonchev–Trinajstić information content (AvgIpc) is 2.63. The van der Waals surface area contributed by atoms with E-state index in [0.717, 1.165) is 12.1 Å². The van der Waals surface area contributed by atoms with Gasteiger partial charge in [0.05, 0.1) is 11.3 Å². The molecule has 17 heavy (non-hydrogen) atoms. The first-order valence-corrected chi connectivity index (χ1v) is 5.10. The lowest BCUT2D eigenvalue weighted by Crippen LogP contribution is -2.07. The van der Waals surface area contributed by atoms with Gasteiger partial charge < -0.3 is 0 Å². The molecule has 1 heterocycles. The normalized spacial score (nSPS) is 11.8. The van der Waals surface area contributed by atoms with Gasteiger partial charge in [-0.1, -0.05) is 6.07 Å². The molecule has 90 valence electrons. The molecule has 0 unspecified atom stereocenters. The summed E-state index contributed by atoms with van der Waals surface area (Å²) in [5, 5.41) is 6.18. The fourth-order valence-electron chi connectivity index (χ4n) is 1.46. The highest BCUT2D eigenvalue weighted by Crippen LogP contribution is 2.31. The van der Waals surface area contributed by atoms with Gasteiger partial charge >= 0.3 is 6.18 Å². The number of halogens is 3. The second kappa shape index (κ2) is 3.99. The van der Waals surface area contributed by atoms with Crippen molar-refractivity contribution in [3.63, 3.8) is 0 Å². The van der Waals surface area contributed by atoms with Crippen LogP contribution in [-0.4, -0.2) is 14.8 Å². The van der Waals surface area contributed by atoms with Crippen LogP contribution in [0.4, 0.5) is 13.2 Å². The summed E-state index contributed by atoms with van der Waals surface area (Å²) < 4.78 is 39.4. The Morgan fingerprint density at radius 3 is 2.59 bits per heavy atom. The Hall–Kier alpha value is -1.63. The Morgan fingerprint density at radius 1 is 1.35 bits per heavy atom. The van der Waals surface area contributed by atoms with Gasteiger partial charge in [-0.05, 0) is 36.8 Å². The van der Waals surface area contributed by atoms with Crippen LogP contribution in [-0.2, 0) is 6.18 Å². The van der Waals surface area contributed by atoms with Gasteiger partial charge in [-0.2, -0.15) is 18.3 Å². The van der Waals surface area contributed by atoms with E-state index in [2.05, 4.69) is 10.2 Å². The molecule has 0 aliphatic carbocycles. The Labute approximate surface area is 99.9 Å². The van der Waals surface area contributed by atoms with Crippen molar-refractivity contribution in [1.82, 2.24) is 14.8 Å². The molecule has 1 aromatic heterocycles. The third kappa shape index (κ3) is 2.23. The molecule has 0 aliphatic rings. The zero-order valence-corrected chi connectivity index (χ0v) is 9.56. The number of hydrogen-bond donors (Lipinski definition) is 1. The van der Waals surface area contributed by atoms with Crippen LogP contribution in [0.15, 0.2) is 24.5 Å². The summed E-state index contributed by atoms with van der Waals surface area (Å²) in [6.45, 7) is 1.71. The lowest BCUT2D eigenvalue weighted by Gasteiger charge is -2.11. The second-order valence-corrected chi connectivity index (χ2v) is 3.92. The minimum atomic E-state index is -4.37. The van der Waals surface area contributed by atoms with Crippen LogP contribution in [0.3, 0.4) is 0 Å². The molecule has 0 radical (unpaired) electrons. The molecule has 0 bridgehead atoms. The van der Waals surface area contributed by atoms with Gasteiger partial charge in [-0.3, -0.25) is 9.67 Å². The van der Waals surface area contributed by atoms with E-state index < -0.39 is 11.7 Å². The summed E-state index contributed by atoms with van der Waals surface area (Å²) in [6.07, 6.45) is -3.01. The van der Waals surface area contributed by atoms with E-state index in [9.17, 15) is 13.2 Å². The summed E-state index contributed by atoms with van der Waals surface area (Å²) >= 11 is 4.93. The summed E-state index contributed by atoms with van der Waals surface area (Å²) in [4.78, 5) is 0. The van der Waals surface area contributed by atoms with Crippen molar-refractivity contribution >= 4 is 12.2 Å². The van der Waals surface area contributed by atoms with Crippen molar-refractivity contribution in [3.05, 3.63) is 40.4 Å². The molecule has 0 aliphatic heterocycles. The van der Waals surface area contributed by atoms with Gasteiger partial charge in [0.1, 0.15) is 6.33 Å². The molecule has 0 saturated carbocycles.